The average Bonchev–Trinajstić information content (AvgIpc) is 2.63. The molecule has 0 bridgehead atoms. The van der Waals surface area contributed by atoms with Crippen LogP contribution in [0.1, 0.15) is 30.5 Å². The molecule has 2 aromatic rings. The molecule has 0 unspecified atom stereocenters. The van der Waals surface area contributed by atoms with Gasteiger partial charge in [-0.2, -0.15) is 13.2 Å². The van der Waals surface area contributed by atoms with Gasteiger partial charge in [0.1, 0.15) is 0 Å². The number of ether oxygens (including phenoxy) is 1. The van der Waals surface area contributed by atoms with E-state index >= 15 is 0 Å². The van der Waals surface area contributed by atoms with Crippen LogP contribution in [0.15, 0.2) is 60.7 Å². The molecule has 0 heterocycles. The Bertz CT molecular complexity index is 766. The standard InChI is InChI=1S/C21H22F3NO2/c1-15(2)27-14-17-10-8-16(9-11-17)13-25-20(26)12-19(21(22,23)24)18-6-4-3-5-7-18/h3-12,15H,13-14H2,1-2H3,(H,25,26)/b19-12-. The van der Waals surface area contributed by atoms with Crippen LogP contribution >= 0.6 is 0 Å². The molecule has 0 saturated carbocycles. The predicted molar refractivity (Wildman–Crippen MR) is 98.7 cm³/mol. The van der Waals surface area contributed by atoms with Gasteiger partial charge in [0.15, 0.2) is 0 Å². The Morgan fingerprint density at radius 1 is 1.04 bits per heavy atom. The maximum Gasteiger partial charge on any atom is 0.417 e. The summed E-state index contributed by atoms with van der Waals surface area (Å²) in [5.41, 5.74) is 0.761. The van der Waals surface area contributed by atoms with E-state index in [1.807, 2.05) is 38.1 Å². The Balaban J connectivity index is 2.00. The van der Waals surface area contributed by atoms with Crippen molar-refractivity contribution in [2.45, 2.75) is 39.3 Å². The lowest BCUT2D eigenvalue weighted by molar-refractivity contribution is -0.117. The lowest BCUT2D eigenvalue weighted by Crippen LogP contribution is -2.23. The molecule has 144 valence electrons. The van der Waals surface area contributed by atoms with E-state index in [-0.39, 0.29) is 18.2 Å². The van der Waals surface area contributed by atoms with Gasteiger partial charge in [-0.3, -0.25) is 4.79 Å². The third kappa shape index (κ3) is 6.90. The smallest absolute Gasteiger partial charge is 0.374 e. The summed E-state index contributed by atoms with van der Waals surface area (Å²) >= 11 is 0. The lowest BCUT2D eigenvalue weighted by Gasteiger charge is -2.12. The van der Waals surface area contributed by atoms with Gasteiger partial charge in [-0.25, -0.2) is 0 Å². The number of amides is 1. The number of hydrogen-bond donors (Lipinski definition) is 1. The van der Waals surface area contributed by atoms with Crippen LogP contribution in [0.4, 0.5) is 13.2 Å². The minimum atomic E-state index is -4.61. The van der Waals surface area contributed by atoms with E-state index in [4.69, 9.17) is 4.74 Å². The van der Waals surface area contributed by atoms with Crippen LogP contribution in [-0.4, -0.2) is 18.2 Å². The normalized spacial score (nSPS) is 12.3. The average molecular weight is 377 g/mol. The molecule has 0 radical (unpaired) electrons. The van der Waals surface area contributed by atoms with E-state index in [0.29, 0.717) is 12.7 Å². The van der Waals surface area contributed by atoms with Gasteiger partial charge in [0.2, 0.25) is 5.91 Å². The molecule has 0 aliphatic heterocycles. The van der Waals surface area contributed by atoms with Crippen LogP contribution in [0.5, 0.6) is 0 Å². The molecule has 1 amide bonds. The van der Waals surface area contributed by atoms with E-state index in [2.05, 4.69) is 5.32 Å². The largest absolute Gasteiger partial charge is 0.417 e. The number of hydrogen-bond acceptors (Lipinski definition) is 2. The Kier molecular flexibility index (Phi) is 7.19. The first kappa shape index (κ1) is 20.7. The second-order valence-corrected chi connectivity index (χ2v) is 6.32. The van der Waals surface area contributed by atoms with E-state index < -0.39 is 17.7 Å². The minimum absolute atomic E-state index is 0.0466. The first-order valence-corrected chi connectivity index (χ1v) is 8.57. The zero-order valence-electron chi connectivity index (χ0n) is 15.2. The second-order valence-electron chi connectivity index (χ2n) is 6.32. The van der Waals surface area contributed by atoms with Crippen molar-refractivity contribution >= 4 is 11.5 Å². The summed E-state index contributed by atoms with van der Waals surface area (Å²) in [7, 11) is 0. The molecule has 6 heteroatoms. The van der Waals surface area contributed by atoms with Crippen LogP contribution in [0.25, 0.3) is 5.57 Å². The van der Waals surface area contributed by atoms with E-state index in [9.17, 15) is 18.0 Å². The number of benzene rings is 2. The molecule has 0 aliphatic carbocycles. The SMILES string of the molecule is CC(C)OCc1ccc(CNC(=O)/C=C(/c2ccccc2)C(F)(F)F)cc1. The topological polar surface area (TPSA) is 38.3 Å². The van der Waals surface area contributed by atoms with Crippen molar-refractivity contribution < 1.29 is 22.7 Å². The van der Waals surface area contributed by atoms with Crippen molar-refractivity contribution in [1.29, 1.82) is 0 Å². The molecule has 0 atom stereocenters. The van der Waals surface area contributed by atoms with Gasteiger partial charge in [0, 0.05) is 12.6 Å². The molecule has 0 aliphatic rings. The van der Waals surface area contributed by atoms with Gasteiger partial charge in [-0.15, -0.1) is 0 Å². The molecule has 2 aromatic carbocycles. The summed E-state index contributed by atoms with van der Waals surface area (Å²) in [6, 6.07) is 14.6. The molecule has 3 nitrogen and oxygen atoms in total. The van der Waals surface area contributed by atoms with E-state index in [0.717, 1.165) is 11.1 Å². The highest BCUT2D eigenvalue weighted by Gasteiger charge is 2.35. The first-order valence-electron chi connectivity index (χ1n) is 8.57. The Labute approximate surface area is 156 Å². The fourth-order valence-corrected chi connectivity index (χ4v) is 2.33. The number of allylic oxidation sites excluding steroid dienone is 1. The van der Waals surface area contributed by atoms with Crippen molar-refractivity contribution in [2.75, 3.05) is 0 Å². The zero-order valence-corrected chi connectivity index (χ0v) is 15.2. The molecule has 0 saturated heterocycles. The molecular weight excluding hydrogens is 355 g/mol. The fourth-order valence-electron chi connectivity index (χ4n) is 2.33. The molecule has 0 spiro atoms. The molecule has 0 fully saturated rings. The number of nitrogens with one attached hydrogen (secondary N) is 1. The van der Waals surface area contributed by atoms with Gasteiger partial charge in [-0.1, -0.05) is 54.6 Å². The minimum Gasteiger partial charge on any atom is -0.374 e. The van der Waals surface area contributed by atoms with Crippen molar-refractivity contribution in [2.24, 2.45) is 0 Å². The maximum atomic E-state index is 13.2. The summed E-state index contributed by atoms with van der Waals surface area (Å²) < 4.78 is 45.2. The predicted octanol–water partition coefficient (Wildman–Crippen LogP) is 4.87. The van der Waals surface area contributed by atoms with Crippen molar-refractivity contribution in [3.05, 3.63) is 77.4 Å². The van der Waals surface area contributed by atoms with Crippen LogP contribution in [-0.2, 0) is 22.7 Å². The number of carbonyl (C=O) groups is 1. The quantitative estimate of drug-likeness (QED) is 0.699. The summed E-state index contributed by atoms with van der Waals surface area (Å²) in [4.78, 5) is 12.0. The fraction of sp³-hybridized carbons (Fsp3) is 0.286. The summed E-state index contributed by atoms with van der Waals surface area (Å²) in [6.45, 7) is 4.52. The first-order chi connectivity index (χ1) is 12.8. The van der Waals surface area contributed by atoms with E-state index in [1.54, 1.807) is 6.07 Å². The molecule has 2 rings (SSSR count). The molecule has 0 aromatic heterocycles. The monoisotopic (exact) mass is 377 g/mol. The number of alkyl halides is 3. The summed E-state index contributed by atoms with van der Waals surface area (Å²) in [6.07, 6.45) is -3.89. The number of rotatable bonds is 7. The number of carbonyl (C=O) groups excluding carboxylic acids is 1. The molecular formula is C21H22F3NO2. The highest BCUT2D eigenvalue weighted by molar-refractivity contribution is 5.96. The van der Waals surface area contributed by atoms with Gasteiger partial charge in [0.05, 0.1) is 18.3 Å². The molecule has 1 N–H and O–H groups in total. The van der Waals surface area contributed by atoms with Gasteiger partial charge in [0.25, 0.3) is 0 Å². The van der Waals surface area contributed by atoms with Gasteiger partial charge < -0.3 is 10.1 Å². The van der Waals surface area contributed by atoms with Crippen molar-refractivity contribution in [3.63, 3.8) is 0 Å². The number of halogens is 3. The van der Waals surface area contributed by atoms with Gasteiger partial charge in [-0.05, 0) is 30.5 Å². The third-order valence-electron chi connectivity index (χ3n) is 3.74. The third-order valence-corrected chi connectivity index (χ3v) is 3.74. The Morgan fingerprint density at radius 2 is 1.63 bits per heavy atom. The Morgan fingerprint density at radius 3 is 2.19 bits per heavy atom. The van der Waals surface area contributed by atoms with Crippen molar-refractivity contribution in [1.82, 2.24) is 5.32 Å². The lowest BCUT2D eigenvalue weighted by atomic mass is 10.1. The van der Waals surface area contributed by atoms with Gasteiger partial charge >= 0.3 is 6.18 Å². The summed E-state index contributed by atoms with van der Waals surface area (Å²) in [5.74, 6) is -0.793. The van der Waals surface area contributed by atoms with Crippen LogP contribution in [0, 0.1) is 0 Å². The van der Waals surface area contributed by atoms with E-state index in [1.165, 1.54) is 24.3 Å². The maximum absolute atomic E-state index is 13.2. The van der Waals surface area contributed by atoms with Crippen LogP contribution in [0.2, 0.25) is 0 Å². The van der Waals surface area contributed by atoms with Crippen LogP contribution in [0.3, 0.4) is 0 Å². The zero-order chi connectivity index (χ0) is 19.9. The Hall–Kier alpha value is -2.60. The molecule has 27 heavy (non-hydrogen) atoms. The highest BCUT2D eigenvalue weighted by Crippen LogP contribution is 2.33. The van der Waals surface area contributed by atoms with Crippen LogP contribution < -0.4 is 5.32 Å². The highest BCUT2D eigenvalue weighted by atomic mass is 19.4. The second kappa shape index (κ2) is 9.37. The summed E-state index contributed by atoms with van der Waals surface area (Å²) in [5, 5.41) is 2.49. The van der Waals surface area contributed by atoms with Crippen molar-refractivity contribution in [3.8, 4) is 0 Å².